The number of anilines is 1. The van der Waals surface area contributed by atoms with Crippen molar-refractivity contribution >= 4 is 40.2 Å². The number of hydrogen-bond donors (Lipinski definition) is 3. The Labute approximate surface area is 136 Å². The Bertz CT molecular complexity index is 887. The first kappa shape index (κ1) is 15.1. The fourth-order valence-electron chi connectivity index (χ4n) is 2.36. The van der Waals surface area contributed by atoms with Crippen LogP contribution >= 0.6 is 11.6 Å². The number of H-pyrrole nitrogens is 1. The maximum atomic E-state index is 12.2. The molecule has 3 aromatic rings. The van der Waals surface area contributed by atoms with E-state index >= 15 is 0 Å². The van der Waals surface area contributed by atoms with Gasteiger partial charge in [0.25, 0.3) is 0 Å². The SMILES string of the molecule is O=C(Cc1c(C(=O)O)[nH]c2ccccc12)Nc1ccc(Cl)cn1. The van der Waals surface area contributed by atoms with Gasteiger partial charge in [0.1, 0.15) is 11.5 Å². The number of para-hydroxylation sites is 1. The fraction of sp³-hybridized carbons (Fsp3) is 0.0625. The van der Waals surface area contributed by atoms with E-state index in [9.17, 15) is 14.7 Å². The van der Waals surface area contributed by atoms with Crippen molar-refractivity contribution in [2.45, 2.75) is 6.42 Å². The third-order valence-corrected chi connectivity index (χ3v) is 3.58. The lowest BCUT2D eigenvalue weighted by Gasteiger charge is -2.05. The number of hydrogen-bond acceptors (Lipinski definition) is 3. The van der Waals surface area contributed by atoms with Crippen molar-refractivity contribution < 1.29 is 14.7 Å². The van der Waals surface area contributed by atoms with Gasteiger partial charge in [0.2, 0.25) is 5.91 Å². The lowest BCUT2D eigenvalue weighted by Crippen LogP contribution is -2.16. The van der Waals surface area contributed by atoms with Gasteiger partial charge in [-0.2, -0.15) is 0 Å². The molecule has 0 aliphatic heterocycles. The molecule has 0 spiro atoms. The van der Waals surface area contributed by atoms with E-state index in [1.165, 1.54) is 6.20 Å². The summed E-state index contributed by atoms with van der Waals surface area (Å²) in [4.78, 5) is 30.4. The molecular formula is C16H12ClN3O3. The predicted molar refractivity (Wildman–Crippen MR) is 86.8 cm³/mol. The van der Waals surface area contributed by atoms with Crippen LogP contribution in [0.5, 0.6) is 0 Å². The van der Waals surface area contributed by atoms with Crippen molar-refractivity contribution in [3.63, 3.8) is 0 Å². The summed E-state index contributed by atoms with van der Waals surface area (Å²) in [5, 5.41) is 13.1. The van der Waals surface area contributed by atoms with Gasteiger partial charge in [0, 0.05) is 22.7 Å². The highest BCUT2D eigenvalue weighted by atomic mass is 35.5. The van der Waals surface area contributed by atoms with E-state index < -0.39 is 5.97 Å². The van der Waals surface area contributed by atoms with Crippen LogP contribution in [0.1, 0.15) is 16.1 Å². The normalized spacial score (nSPS) is 10.7. The average Bonchev–Trinajstić information content (AvgIpc) is 2.89. The minimum atomic E-state index is -1.10. The molecule has 0 bridgehead atoms. The molecule has 0 unspecified atom stereocenters. The second-order valence-electron chi connectivity index (χ2n) is 4.92. The Hall–Kier alpha value is -2.86. The number of amides is 1. The topological polar surface area (TPSA) is 95.1 Å². The van der Waals surface area contributed by atoms with Crippen molar-refractivity contribution in [3.05, 3.63) is 58.9 Å². The first-order chi connectivity index (χ1) is 11.0. The number of carboxylic acids is 1. The number of carbonyl (C=O) groups is 2. The number of fused-ring (bicyclic) bond motifs is 1. The number of halogens is 1. The molecule has 1 aromatic carbocycles. The van der Waals surface area contributed by atoms with Crippen LogP contribution in [0.3, 0.4) is 0 Å². The van der Waals surface area contributed by atoms with E-state index in [1.54, 1.807) is 36.4 Å². The number of carbonyl (C=O) groups excluding carboxylic acids is 1. The number of pyridine rings is 1. The molecule has 2 aromatic heterocycles. The molecule has 116 valence electrons. The molecule has 0 aliphatic rings. The summed E-state index contributed by atoms with van der Waals surface area (Å²) in [6.07, 6.45) is 1.35. The predicted octanol–water partition coefficient (Wildman–Crippen LogP) is 3.10. The summed E-state index contributed by atoms with van der Waals surface area (Å²) < 4.78 is 0. The zero-order chi connectivity index (χ0) is 16.4. The number of aromatic carboxylic acids is 1. The van der Waals surface area contributed by atoms with Crippen LogP contribution in [0, 0.1) is 0 Å². The van der Waals surface area contributed by atoms with Crippen LogP contribution < -0.4 is 5.32 Å². The maximum absolute atomic E-state index is 12.2. The van der Waals surface area contributed by atoms with E-state index in [0.717, 1.165) is 0 Å². The third kappa shape index (κ3) is 3.17. The van der Waals surface area contributed by atoms with Crippen molar-refractivity contribution in [2.75, 3.05) is 5.32 Å². The molecule has 0 fully saturated rings. The Morgan fingerprint density at radius 2 is 2.00 bits per heavy atom. The van der Waals surface area contributed by atoms with Crippen LogP contribution in [-0.4, -0.2) is 27.0 Å². The molecule has 1 amide bonds. The van der Waals surface area contributed by atoms with Gasteiger partial charge >= 0.3 is 5.97 Å². The number of aromatic amines is 1. The van der Waals surface area contributed by atoms with Gasteiger partial charge < -0.3 is 15.4 Å². The highest BCUT2D eigenvalue weighted by Gasteiger charge is 2.19. The lowest BCUT2D eigenvalue weighted by atomic mass is 10.1. The summed E-state index contributed by atoms with van der Waals surface area (Å²) in [5.41, 5.74) is 1.14. The molecule has 0 atom stereocenters. The molecule has 3 rings (SSSR count). The van der Waals surface area contributed by atoms with E-state index in [4.69, 9.17) is 11.6 Å². The molecule has 6 nitrogen and oxygen atoms in total. The summed E-state index contributed by atoms with van der Waals surface area (Å²) in [5.74, 6) is -1.10. The van der Waals surface area contributed by atoms with Gasteiger partial charge in [0.15, 0.2) is 0 Å². The smallest absolute Gasteiger partial charge is 0.352 e. The van der Waals surface area contributed by atoms with E-state index in [0.29, 0.717) is 27.3 Å². The second kappa shape index (κ2) is 6.10. The van der Waals surface area contributed by atoms with Gasteiger partial charge in [0.05, 0.1) is 11.4 Å². The summed E-state index contributed by atoms with van der Waals surface area (Å²) in [7, 11) is 0. The zero-order valence-corrected chi connectivity index (χ0v) is 12.6. The van der Waals surface area contributed by atoms with Gasteiger partial charge in [-0.15, -0.1) is 0 Å². The molecule has 7 heteroatoms. The van der Waals surface area contributed by atoms with Gasteiger partial charge in [-0.3, -0.25) is 4.79 Å². The molecule has 23 heavy (non-hydrogen) atoms. The number of benzene rings is 1. The number of aromatic nitrogens is 2. The Morgan fingerprint density at radius 3 is 2.70 bits per heavy atom. The van der Waals surface area contributed by atoms with Gasteiger partial charge in [-0.25, -0.2) is 9.78 Å². The molecule has 0 saturated heterocycles. The number of nitrogens with one attached hydrogen (secondary N) is 2. The highest BCUT2D eigenvalue weighted by Crippen LogP contribution is 2.23. The van der Waals surface area contributed by atoms with Crippen LogP contribution in [0.4, 0.5) is 5.82 Å². The molecule has 0 radical (unpaired) electrons. The van der Waals surface area contributed by atoms with Crippen molar-refractivity contribution in [1.82, 2.24) is 9.97 Å². The molecule has 2 heterocycles. The van der Waals surface area contributed by atoms with Crippen LogP contribution in [0.2, 0.25) is 5.02 Å². The summed E-state index contributed by atoms with van der Waals surface area (Å²) >= 11 is 5.74. The fourth-order valence-corrected chi connectivity index (χ4v) is 2.48. The molecular weight excluding hydrogens is 318 g/mol. The number of rotatable bonds is 4. The standard InChI is InChI=1S/C16H12ClN3O3/c17-9-5-6-13(18-8-9)20-14(21)7-11-10-3-1-2-4-12(10)19-15(11)16(22)23/h1-6,8,19H,7H2,(H,22,23)(H,18,20,21). The van der Waals surface area contributed by atoms with E-state index in [-0.39, 0.29) is 18.0 Å². The van der Waals surface area contributed by atoms with E-state index in [1.807, 2.05) is 0 Å². The first-order valence-electron chi connectivity index (χ1n) is 6.79. The second-order valence-corrected chi connectivity index (χ2v) is 5.35. The minimum Gasteiger partial charge on any atom is -0.477 e. The average molecular weight is 330 g/mol. The monoisotopic (exact) mass is 329 g/mol. The first-order valence-corrected chi connectivity index (χ1v) is 7.16. The van der Waals surface area contributed by atoms with Crippen LogP contribution in [0.15, 0.2) is 42.6 Å². The molecule has 3 N–H and O–H groups in total. The largest absolute Gasteiger partial charge is 0.477 e. The lowest BCUT2D eigenvalue weighted by molar-refractivity contribution is -0.115. The van der Waals surface area contributed by atoms with Gasteiger partial charge in [-0.1, -0.05) is 29.8 Å². The quantitative estimate of drug-likeness (QED) is 0.685. The Balaban J connectivity index is 1.88. The van der Waals surface area contributed by atoms with Crippen molar-refractivity contribution in [2.24, 2.45) is 0 Å². The minimum absolute atomic E-state index is 0.0189. The third-order valence-electron chi connectivity index (χ3n) is 3.36. The van der Waals surface area contributed by atoms with Crippen molar-refractivity contribution in [3.8, 4) is 0 Å². The maximum Gasteiger partial charge on any atom is 0.352 e. The van der Waals surface area contributed by atoms with Crippen LogP contribution in [0.25, 0.3) is 10.9 Å². The Kier molecular flexibility index (Phi) is 3.99. The number of carboxylic acid groups (broad SMARTS) is 1. The molecule has 0 saturated carbocycles. The van der Waals surface area contributed by atoms with Crippen molar-refractivity contribution in [1.29, 1.82) is 0 Å². The Morgan fingerprint density at radius 1 is 1.22 bits per heavy atom. The molecule has 0 aliphatic carbocycles. The van der Waals surface area contributed by atoms with Crippen LogP contribution in [-0.2, 0) is 11.2 Å². The summed E-state index contributed by atoms with van der Waals surface area (Å²) in [6, 6.07) is 10.3. The zero-order valence-electron chi connectivity index (χ0n) is 11.8. The van der Waals surface area contributed by atoms with E-state index in [2.05, 4.69) is 15.3 Å². The highest BCUT2D eigenvalue weighted by molar-refractivity contribution is 6.30. The number of nitrogens with zero attached hydrogens (tertiary/aromatic N) is 1. The summed E-state index contributed by atoms with van der Waals surface area (Å²) in [6.45, 7) is 0. The van der Waals surface area contributed by atoms with Gasteiger partial charge in [-0.05, 0) is 18.2 Å².